The van der Waals surface area contributed by atoms with Crippen LogP contribution in [-0.4, -0.2) is 34.0 Å². The van der Waals surface area contributed by atoms with Crippen LogP contribution in [0.25, 0.3) is 0 Å². The number of alkyl halides is 3. The molecule has 1 aromatic heterocycles. The molecule has 0 radical (unpaired) electrons. The van der Waals surface area contributed by atoms with Crippen molar-refractivity contribution >= 4 is 17.5 Å². The number of nitrogens with one attached hydrogen (secondary N) is 1. The number of anilines is 1. The van der Waals surface area contributed by atoms with E-state index in [2.05, 4.69) is 5.32 Å². The summed E-state index contributed by atoms with van der Waals surface area (Å²) in [6, 6.07) is 10.9. The van der Waals surface area contributed by atoms with E-state index in [9.17, 15) is 27.6 Å². The molecule has 0 fully saturated rings. The summed E-state index contributed by atoms with van der Waals surface area (Å²) in [7, 11) is 0. The molecule has 9 heteroatoms. The highest BCUT2D eigenvalue weighted by Crippen LogP contribution is 2.21. The standard InChI is InChI=1S/C19H20F3N3O3/c1-2-24(18(28)19(20,21)22)13-14-6-5-7-15(12-14)23-16(26)9-11-25-10-4-3-8-17(25)27/h3-8,10,12H,2,9,11,13H2,1H3,(H,23,26). The third-order valence-electron chi connectivity index (χ3n) is 3.97. The highest BCUT2D eigenvalue weighted by molar-refractivity contribution is 5.90. The minimum atomic E-state index is -4.93. The van der Waals surface area contributed by atoms with Crippen LogP contribution in [-0.2, 0) is 22.7 Å². The van der Waals surface area contributed by atoms with Crippen molar-refractivity contribution in [3.63, 3.8) is 0 Å². The third kappa shape index (κ3) is 5.97. The van der Waals surface area contributed by atoms with Crippen LogP contribution in [0.1, 0.15) is 18.9 Å². The number of benzene rings is 1. The van der Waals surface area contributed by atoms with Crippen molar-refractivity contribution in [1.82, 2.24) is 9.47 Å². The van der Waals surface area contributed by atoms with Crippen molar-refractivity contribution in [3.05, 3.63) is 64.6 Å². The molecule has 28 heavy (non-hydrogen) atoms. The smallest absolute Gasteiger partial charge is 0.331 e. The van der Waals surface area contributed by atoms with Gasteiger partial charge in [0.2, 0.25) is 5.91 Å². The maximum Gasteiger partial charge on any atom is 0.471 e. The summed E-state index contributed by atoms with van der Waals surface area (Å²) in [6.07, 6.45) is -3.30. The number of hydrogen-bond donors (Lipinski definition) is 1. The minimum Gasteiger partial charge on any atom is -0.331 e. The molecule has 0 spiro atoms. The Bertz CT molecular complexity index is 893. The van der Waals surface area contributed by atoms with Gasteiger partial charge in [-0.05, 0) is 30.7 Å². The predicted molar refractivity (Wildman–Crippen MR) is 97.5 cm³/mol. The largest absolute Gasteiger partial charge is 0.471 e. The normalized spacial score (nSPS) is 11.1. The Hall–Kier alpha value is -3.10. The number of rotatable bonds is 7. The van der Waals surface area contributed by atoms with E-state index in [1.54, 1.807) is 36.5 Å². The lowest BCUT2D eigenvalue weighted by Crippen LogP contribution is -2.40. The van der Waals surface area contributed by atoms with Crippen LogP contribution in [0.4, 0.5) is 18.9 Å². The van der Waals surface area contributed by atoms with E-state index in [0.29, 0.717) is 16.2 Å². The fourth-order valence-electron chi connectivity index (χ4n) is 2.57. The van der Waals surface area contributed by atoms with Crippen molar-refractivity contribution < 1.29 is 22.8 Å². The summed E-state index contributed by atoms with van der Waals surface area (Å²) in [5.74, 6) is -2.25. The number of amides is 2. The zero-order chi connectivity index (χ0) is 20.7. The van der Waals surface area contributed by atoms with Crippen LogP contribution in [0.15, 0.2) is 53.5 Å². The summed E-state index contributed by atoms with van der Waals surface area (Å²) >= 11 is 0. The predicted octanol–water partition coefficient (Wildman–Crippen LogP) is 2.79. The van der Waals surface area contributed by atoms with Crippen molar-refractivity contribution in [3.8, 4) is 0 Å². The molecule has 0 saturated heterocycles. The molecule has 1 N–H and O–H groups in total. The Morgan fingerprint density at radius 3 is 2.54 bits per heavy atom. The number of aryl methyl sites for hydroxylation is 1. The summed E-state index contributed by atoms with van der Waals surface area (Å²) in [6.45, 7) is 1.34. The Morgan fingerprint density at radius 1 is 1.14 bits per heavy atom. The molecule has 0 atom stereocenters. The highest BCUT2D eigenvalue weighted by Gasteiger charge is 2.41. The maximum absolute atomic E-state index is 12.6. The lowest BCUT2D eigenvalue weighted by Gasteiger charge is -2.22. The Labute approximate surface area is 159 Å². The Kier molecular flexibility index (Phi) is 6.97. The zero-order valence-corrected chi connectivity index (χ0v) is 15.2. The van der Waals surface area contributed by atoms with Gasteiger partial charge in [0.05, 0.1) is 0 Å². The van der Waals surface area contributed by atoms with Gasteiger partial charge >= 0.3 is 12.1 Å². The van der Waals surface area contributed by atoms with E-state index in [1.165, 1.54) is 23.6 Å². The van der Waals surface area contributed by atoms with Gasteiger partial charge in [0.1, 0.15) is 0 Å². The Morgan fingerprint density at radius 2 is 1.89 bits per heavy atom. The van der Waals surface area contributed by atoms with Crippen molar-refractivity contribution in [2.75, 3.05) is 11.9 Å². The van der Waals surface area contributed by atoms with Crippen LogP contribution in [0, 0.1) is 0 Å². The second-order valence-electron chi connectivity index (χ2n) is 6.05. The number of nitrogens with zero attached hydrogens (tertiary/aromatic N) is 2. The molecule has 2 amide bonds. The van der Waals surface area contributed by atoms with E-state index >= 15 is 0 Å². The number of hydrogen-bond acceptors (Lipinski definition) is 3. The van der Waals surface area contributed by atoms with Crippen molar-refractivity contribution in [2.45, 2.75) is 32.6 Å². The topological polar surface area (TPSA) is 71.4 Å². The van der Waals surface area contributed by atoms with E-state index in [-0.39, 0.29) is 37.5 Å². The quantitative estimate of drug-likeness (QED) is 0.784. The van der Waals surface area contributed by atoms with Gasteiger partial charge in [0, 0.05) is 44.0 Å². The van der Waals surface area contributed by atoms with Gasteiger partial charge in [-0.25, -0.2) is 0 Å². The van der Waals surface area contributed by atoms with Crippen molar-refractivity contribution in [1.29, 1.82) is 0 Å². The van der Waals surface area contributed by atoms with E-state index in [0.717, 1.165) is 0 Å². The first-order valence-corrected chi connectivity index (χ1v) is 8.61. The molecule has 0 aliphatic heterocycles. The van der Waals surface area contributed by atoms with Crippen LogP contribution in [0.3, 0.4) is 0 Å². The van der Waals surface area contributed by atoms with Crippen molar-refractivity contribution in [2.24, 2.45) is 0 Å². The first-order valence-electron chi connectivity index (χ1n) is 8.61. The van der Waals surface area contributed by atoms with Gasteiger partial charge in [-0.3, -0.25) is 14.4 Å². The lowest BCUT2D eigenvalue weighted by atomic mass is 10.1. The van der Waals surface area contributed by atoms with Crippen LogP contribution < -0.4 is 10.9 Å². The minimum absolute atomic E-state index is 0.0573. The molecule has 0 aliphatic carbocycles. The van der Waals surface area contributed by atoms with E-state index < -0.39 is 12.1 Å². The van der Waals surface area contributed by atoms with Gasteiger partial charge in [-0.1, -0.05) is 18.2 Å². The van der Waals surface area contributed by atoms with Gasteiger partial charge in [-0.15, -0.1) is 0 Å². The highest BCUT2D eigenvalue weighted by atomic mass is 19.4. The molecule has 0 unspecified atom stereocenters. The van der Waals surface area contributed by atoms with Crippen LogP contribution >= 0.6 is 0 Å². The average Bonchev–Trinajstić information content (AvgIpc) is 2.64. The molecular weight excluding hydrogens is 375 g/mol. The van der Waals surface area contributed by atoms with Gasteiger partial charge in [0.25, 0.3) is 5.56 Å². The van der Waals surface area contributed by atoms with E-state index in [4.69, 9.17) is 0 Å². The summed E-state index contributed by atoms with van der Waals surface area (Å²) in [4.78, 5) is 35.8. The van der Waals surface area contributed by atoms with Gasteiger partial charge in [0.15, 0.2) is 0 Å². The molecule has 1 heterocycles. The fourth-order valence-corrected chi connectivity index (χ4v) is 2.57. The monoisotopic (exact) mass is 395 g/mol. The Balaban J connectivity index is 1.98. The van der Waals surface area contributed by atoms with Crippen LogP contribution in [0.5, 0.6) is 0 Å². The van der Waals surface area contributed by atoms with Gasteiger partial charge in [-0.2, -0.15) is 13.2 Å². The number of pyridine rings is 1. The maximum atomic E-state index is 12.6. The zero-order valence-electron chi connectivity index (χ0n) is 15.2. The number of carbonyl (C=O) groups is 2. The molecular formula is C19H20F3N3O3. The first kappa shape index (κ1) is 21.2. The summed E-state index contributed by atoms with van der Waals surface area (Å²) in [5.41, 5.74) is 0.640. The average molecular weight is 395 g/mol. The van der Waals surface area contributed by atoms with E-state index in [1.807, 2.05) is 0 Å². The second kappa shape index (κ2) is 9.20. The molecule has 1 aromatic carbocycles. The molecule has 0 bridgehead atoms. The molecule has 6 nitrogen and oxygen atoms in total. The first-order chi connectivity index (χ1) is 13.2. The summed E-state index contributed by atoms with van der Waals surface area (Å²) < 4.78 is 39.3. The number of halogens is 3. The molecule has 0 saturated carbocycles. The van der Waals surface area contributed by atoms with Gasteiger partial charge < -0.3 is 14.8 Å². The third-order valence-corrected chi connectivity index (χ3v) is 3.97. The SMILES string of the molecule is CCN(Cc1cccc(NC(=O)CCn2ccccc2=O)c1)C(=O)C(F)(F)F. The van der Waals surface area contributed by atoms with Crippen LogP contribution in [0.2, 0.25) is 0 Å². The number of aromatic nitrogens is 1. The molecule has 2 aromatic rings. The molecule has 0 aliphatic rings. The fraction of sp³-hybridized carbons (Fsp3) is 0.316. The molecule has 150 valence electrons. The lowest BCUT2D eigenvalue weighted by molar-refractivity contribution is -0.185. The second-order valence-corrected chi connectivity index (χ2v) is 6.05. The summed E-state index contributed by atoms with van der Waals surface area (Å²) in [5, 5.41) is 2.64. The number of carbonyl (C=O) groups excluding carboxylic acids is 2. The molecule has 2 rings (SSSR count).